The molecule has 3 rings (SSSR count). The molecule has 1 N–H and O–H groups in total. The molecule has 2 heterocycles. The Labute approximate surface area is 127 Å². The molecule has 0 aliphatic carbocycles. The van der Waals surface area contributed by atoms with Crippen molar-refractivity contribution in [2.45, 2.75) is 45.1 Å². The van der Waals surface area contributed by atoms with Crippen LogP contribution in [0.15, 0.2) is 24.3 Å². The largest absolute Gasteiger partial charge is 0.367 e. The second kappa shape index (κ2) is 7.25. The Balaban J connectivity index is 1.57. The molecule has 4 heteroatoms. The number of nitrogens with one attached hydrogen (secondary N) is 1. The van der Waals surface area contributed by atoms with Crippen LogP contribution in [0.3, 0.4) is 0 Å². The molecule has 0 aromatic heterocycles. The van der Waals surface area contributed by atoms with Crippen molar-refractivity contribution >= 4 is 5.69 Å². The molecule has 4 nitrogen and oxygen atoms in total. The minimum Gasteiger partial charge on any atom is -0.367 e. The van der Waals surface area contributed by atoms with Gasteiger partial charge in [0.05, 0.1) is 6.61 Å². The van der Waals surface area contributed by atoms with Crippen molar-refractivity contribution in [3.05, 3.63) is 29.8 Å². The van der Waals surface area contributed by atoms with Gasteiger partial charge >= 0.3 is 0 Å². The van der Waals surface area contributed by atoms with Gasteiger partial charge in [-0.1, -0.05) is 18.2 Å². The third-order valence-corrected chi connectivity index (χ3v) is 4.27. The van der Waals surface area contributed by atoms with Crippen molar-refractivity contribution in [2.75, 3.05) is 31.2 Å². The van der Waals surface area contributed by atoms with Crippen molar-refractivity contribution in [1.29, 1.82) is 0 Å². The average Bonchev–Trinajstić information content (AvgIpc) is 2.68. The maximum absolute atomic E-state index is 5.89. The molecule has 2 atom stereocenters. The molecule has 2 aliphatic heterocycles. The summed E-state index contributed by atoms with van der Waals surface area (Å²) in [5, 5.41) is 3.56. The summed E-state index contributed by atoms with van der Waals surface area (Å²) in [7, 11) is 0. The van der Waals surface area contributed by atoms with Gasteiger partial charge in [-0.25, -0.2) is 0 Å². The van der Waals surface area contributed by atoms with E-state index in [1.807, 2.05) is 0 Å². The molecule has 0 bridgehead atoms. The van der Waals surface area contributed by atoms with Crippen molar-refractivity contribution in [2.24, 2.45) is 0 Å². The number of para-hydroxylation sites is 1. The van der Waals surface area contributed by atoms with E-state index < -0.39 is 0 Å². The number of ether oxygens (including phenoxy) is 2. The molecule has 0 amide bonds. The van der Waals surface area contributed by atoms with Crippen LogP contribution in [0.5, 0.6) is 0 Å². The Kier molecular flexibility index (Phi) is 5.12. The van der Waals surface area contributed by atoms with E-state index in [1.54, 1.807) is 0 Å². The molecular formula is C17H26N2O2. The maximum atomic E-state index is 5.89. The van der Waals surface area contributed by atoms with Gasteiger partial charge in [-0.15, -0.1) is 0 Å². The van der Waals surface area contributed by atoms with Gasteiger partial charge in [0.2, 0.25) is 0 Å². The lowest BCUT2D eigenvalue weighted by Crippen LogP contribution is -2.38. The molecule has 2 aliphatic rings. The first-order valence-electron chi connectivity index (χ1n) is 8.12. The Morgan fingerprint density at radius 2 is 2.24 bits per heavy atom. The number of rotatable bonds is 4. The number of hydrogen-bond acceptors (Lipinski definition) is 4. The highest BCUT2D eigenvalue weighted by Crippen LogP contribution is 2.23. The van der Waals surface area contributed by atoms with Crippen molar-refractivity contribution in [3.8, 4) is 0 Å². The molecule has 1 aromatic rings. The molecule has 2 unspecified atom stereocenters. The quantitative estimate of drug-likeness (QED) is 0.924. The third-order valence-electron chi connectivity index (χ3n) is 4.27. The van der Waals surface area contributed by atoms with E-state index in [2.05, 4.69) is 41.4 Å². The van der Waals surface area contributed by atoms with E-state index in [0.717, 1.165) is 39.3 Å². The monoisotopic (exact) mass is 290 g/mol. The van der Waals surface area contributed by atoms with Gasteiger partial charge in [0.15, 0.2) is 6.29 Å². The van der Waals surface area contributed by atoms with Crippen LogP contribution in [0.2, 0.25) is 0 Å². The topological polar surface area (TPSA) is 33.7 Å². The minimum atomic E-state index is 0.0107. The molecule has 0 saturated carbocycles. The summed E-state index contributed by atoms with van der Waals surface area (Å²) in [4.78, 5) is 2.43. The van der Waals surface area contributed by atoms with E-state index in [4.69, 9.17) is 9.47 Å². The zero-order valence-electron chi connectivity index (χ0n) is 12.9. The lowest BCUT2D eigenvalue weighted by molar-refractivity contribution is -0.160. The lowest BCUT2D eigenvalue weighted by atomic mass is 10.1. The Morgan fingerprint density at radius 1 is 1.33 bits per heavy atom. The van der Waals surface area contributed by atoms with Crippen LogP contribution in [0.4, 0.5) is 5.69 Å². The molecule has 1 saturated heterocycles. The SMILES string of the molecule is CC1CN(CCOC2CCCCO2)c2ccccc2CN1. The van der Waals surface area contributed by atoms with E-state index in [0.29, 0.717) is 6.04 Å². The van der Waals surface area contributed by atoms with E-state index in [9.17, 15) is 0 Å². The predicted molar refractivity (Wildman–Crippen MR) is 84.5 cm³/mol. The first-order chi connectivity index (χ1) is 10.3. The normalized spacial score (nSPS) is 26.2. The fourth-order valence-corrected chi connectivity index (χ4v) is 3.10. The average molecular weight is 290 g/mol. The van der Waals surface area contributed by atoms with Crippen LogP contribution in [0, 0.1) is 0 Å². The summed E-state index contributed by atoms with van der Waals surface area (Å²) < 4.78 is 11.5. The highest BCUT2D eigenvalue weighted by Gasteiger charge is 2.19. The van der Waals surface area contributed by atoms with Crippen molar-refractivity contribution in [1.82, 2.24) is 5.32 Å². The zero-order chi connectivity index (χ0) is 14.5. The number of hydrogen-bond donors (Lipinski definition) is 1. The Morgan fingerprint density at radius 3 is 3.10 bits per heavy atom. The molecule has 21 heavy (non-hydrogen) atoms. The first kappa shape index (κ1) is 14.8. The minimum absolute atomic E-state index is 0.0107. The number of nitrogens with zero attached hydrogens (tertiary/aromatic N) is 1. The molecule has 1 aromatic carbocycles. The fourth-order valence-electron chi connectivity index (χ4n) is 3.10. The fraction of sp³-hybridized carbons (Fsp3) is 0.647. The van der Waals surface area contributed by atoms with Crippen LogP contribution in [-0.4, -0.2) is 38.6 Å². The van der Waals surface area contributed by atoms with E-state index in [1.165, 1.54) is 24.1 Å². The summed E-state index contributed by atoms with van der Waals surface area (Å²) in [6, 6.07) is 9.14. The third kappa shape index (κ3) is 3.96. The van der Waals surface area contributed by atoms with Gasteiger partial charge in [0, 0.05) is 38.0 Å². The Hall–Kier alpha value is -1.10. The molecule has 0 radical (unpaired) electrons. The summed E-state index contributed by atoms with van der Waals surface area (Å²) in [5.41, 5.74) is 2.71. The number of anilines is 1. The zero-order valence-corrected chi connectivity index (χ0v) is 12.9. The van der Waals surface area contributed by atoms with Crippen LogP contribution in [0.1, 0.15) is 31.7 Å². The van der Waals surface area contributed by atoms with Crippen LogP contribution in [-0.2, 0) is 16.0 Å². The van der Waals surface area contributed by atoms with Gasteiger partial charge in [-0.05, 0) is 37.8 Å². The highest BCUT2D eigenvalue weighted by molar-refractivity contribution is 5.54. The molecular weight excluding hydrogens is 264 g/mol. The van der Waals surface area contributed by atoms with Gasteiger partial charge in [-0.3, -0.25) is 0 Å². The van der Waals surface area contributed by atoms with Crippen LogP contribution >= 0.6 is 0 Å². The van der Waals surface area contributed by atoms with E-state index in [-0.39, 0.29) is 6.29 Å². The van der Waals surface area contributed by atoms with E-state index >= 15 is 0 Å². The van der Waals surface area contributed by atoms with Crippen molar-refractivity contribution < 1.29 is 9.47 Å². The van der Waals surface area contributed by atoms with Gasteiger partial charge in [0.1, 0.15) is 0 Å². The molecule has 116 valence electrons. The summed E-state index contributed by atoms with van der Waals surface area (Å²) in [5.74, 6) is 0. The second-order valence-corrected chi connectivity index (χ2v) is 6.02. The van der Waals surface area contributed by atoms with Crippen LogP contribution < -0.4 is 10.2 Å². The van der Waals surface area contributed by atoms with Gasteiger partial charge in [-0.2, -0.15) is 0 Å². The predicted octanol–water partition coefficient (Wildman–Crippen LogP) is 2.53. The summed E-state index contributed by atoms with van der Waals surface area (Å²) in [6.07, 6.45) is 3.44. The second-order valence-electron chi connectivity index (χ2n) is 6.02. The van der Waals surface area contributed by atoms with Crippen LogP contribution in [0.25, 0.3) is 0 Å². The summed E-state index contributed by atoms with van der Waals surface area (Å²) >= 11 is 0. The summed E-state index contributed by atoms with van der Waals surface area (Å²) in [6.45, 7) is 6.70. The number of benzene rings is 1. The highest BCUT2D eigenvalue weighted by atomic mass is 16.7. The smallest absolute Gasteiger partial charge is 0.157 e. The lowest BCUT2D eigenvalue weighted by Gasteiger charge is -2.28. The number of fused-ring (bicyclic) bond motifs is 1. The molecule has 1 fully saturated rings. The Bertz CT molecular complexity index is 446. The maximum Gasteiger partial charge on any atom is 0.157 e. The molecule has 0 spiro atoms. The standard InChI is InChI=1S/C17H26N2O2/c1-14-13-19(9-11-21-17-8-4-5-10-20-17)16-7-3-2-6-15(16)12-18-14/h2-3,6-7,14,17-18H,4-5,8-13H2,1H3. The van der Waals surface area contributed by atoms with Crippen molar-refractivity contribution in [3.63, 3.8) is 0 Å². The van der Waals surface area contributed by atoms with Gasteiger partial charge in [0.25, 0.3) is 0 Å². The van der Waals surface area contributed by atoms with Gasteiger partial charge < -0.3 is 19.7 Å². The first-order valence-corrected chi connectivity index (χ1v) is 8.12.